The third-order valence-electron chi connectivity index (χ3n) is 4.04. The number of aryl methyl sites for hydroxylation is 1. The van der Waals surface area contributed by atoms with Gasteiger partial charge < -0.3 is 5.11 Å². The number of nitrogens with zero attached hydrogens (tertiary/aromatic N) is 4. The number of unbranched alkanes of at least 4 members (excludes halogenated alkanes) is 9. The van der Waals surface area contributed by atoms with Gasteiger partial charge in [0.05, 0.1) is 0 Å². The Morgan fingerprint density at radius 1 is 1.05 bits per heavy atom. The van der Waals surface area contributed by atoms with Crippen LogP contribution in [-0.4, -0.2) is 31.3 Å². The number of carboxylic acid groups (broad SMARTS) is 1. The first-order valence-electron chi connectivity index (χ1n) is 8.65. The minimum Gasteiger partial charge on any atom is -0.481 e. The van der Waals surface area contributed by atoms with Crippen molar-refractivity contribution < 1.29 is 9.90 Å². The van der Waals surface area contributed by atoms with Gasteiger partial charge in [0, 0.05) is 6.54 Å². The number of hydrogen-bond donors (Lipinski definition) is 1. The summed E-state index contributed by atoms with van der Waals surface area (Å²) in [6.07, 6.45) is 12.8. The van der Waals surface area contributed by atoms with Crippen LogP contribution in [0, 0.1) is 0 Å². The van der Waals surface area contributed by atoms with Crippen molar-refractivity contribution in [1.29, 1.82) is 0 Å². The topological polar surface area (TPSA) is 80.9 Å². The molecule has 0 aliphatic heterocycles. The van der Waals surface area contributed by atoms with Crippen molar-refractivity contribution >= 4 is 5.97 Å². The standard InChI is InChI=1S/C16H30N4O2/c1-3-4-5-6-7-8-9-10-11-12-13-20-15(17-18-19-20)14(2)16(21)22/h14H,3-13H2,1-2H3,(H,21,22). The minimum atomic E-state index is -0.890. The zero-order valence-corrected chi connectivity index (χ0v) is 14.0. The summed E-state index contributed by atoms with van der Waals surface area (Å²) in [5.41, 5.74) is 0. The Morgan fingerprint density at radius 3 is 2.14 bits per heavy atom. The Hall–Kier alpha value is -1.46. The molecule has 0 radical (unpaired) electrons. The maximum absolute atomic E-state index is 11.0. The van der Waals surface area contributed by atoms with Crippen molar-refractivity contribution in [3.05, 3.63) is 5.82 Å². The molecule has 0 aliphatic rings. The number of rotatable bonds is 13. The molecule has 1 heterocycles. The molecule has 1 unspecified atom stereocenters. The van der Waals surface area contributed by atoms with Gasteiger partial charge >= 0.3 is 5.97 Å². The van der Waals surface area contributed by atoms with Gasteiger partial charge in [0.1, 0.15) is 5.92 Å². The lowest BCUT2D eigenvalue weighted by atomic mass is 10.1. The predicted molar refractivity (Wildman–Crippen MR) is 85.7 cm³/mol. The van der Waals surface area contributed by atoms with E-state index in [1.54, 1.807) is 11.6 Å². The van der Waals surface area contributed by atoms with Gasteiger partial charge in [-0.05, 0) is 23.8 Å². The maximum Gasteiger partial charge on any atom is 0.314 e. The van der Waals surface area contributed by atoms with Crippen LogP contribution in [0.5, 0.6) is 0 Å². The first kappa shape index (κ1) is 18.6. The Labute approximate surface area is 133 Å². The van der Waals surface area contributed by atoms with Gasteiger partial charge in [-0.25, -0.2) is 4.68 Å². The second kappa shape index (κ2) is 11.2. The molecular formula is C16H30N4O2. The SMILES string of the molecule is CCCCCCCCCCCCn1nnnc1C(C)C(=O)O. The number of aromatic nitrogens is 4. The zero-order chi connectivity index (χ0) is 16.2. The van der Waals surface area contributed by atoms with E-state index in [2.05, 4.69) is 22.4 Å². The fourth-order valence-electron chi connectivity index (χ4n) is 2.54. The summed E-state index contributed by atoms with van der Waals surface area (Å²) in [6.45, 7) is 4.56. The van der Waals surface area contributed by atoms with Crippen molar-refractivity contribution in [2.24, 2.45) is 0 Å². The van der Waals surface area contributed by atoms with Gasteiger partial charge in [0.2, 0.25) is 0 Å². The minimum absolute atomic E-state index is 0.448. The highest BCUT2D eigenvalue weighted by molar-refractivity contribution is 5.74. The smallest absolute Gasteiger partial charge is 0.314 e. The Kier molecular flexibility index (Phi) is 9.42. The van der Waals surface area contributed by atoms with E-state index in [9.17, 15) is 4.79 Å². The summed E-state index contributed by atoms with van der Waals surface area (Å²) in [4.78, 5) is 11.0. The number of carbonyl (C=O) groups is 1. The van der Waals surface area contributed by atoms with Crippen molar-refractivity contribution in [2.45, 2.75) is 90.5 Å². The van der Waals surface area contributed by atoms with Crippen LogP contribution in [0.15, 0.2) is 0 Å². The van der Waals surface area contributed by atoms with Crippen molar-refractivity contribution in [3.63, 3.8) is 0 Å². The molecule has 126 valence electrons. The molecule has 1 rings (SSSR count). The lowest BCUT2D eigenvalue weighted by molar-refractivity contribution is -0.138. The molecule has 0 amide bonds. The fourth-order valence-corrected chi connectivity index (χ4v) is 2.54. The molecule has 22 heavy (non-hydrogen) atoms. The van der Waals surface area contributed by atoms with E-state index < -0.39 is 11.9 Å². The molecule has 1 aromatic heterocycles. The second-order valence-corrected chi connectivity index (χ2v) is 6.00. The van der Waals surface area contributed by atoms with Crippen LogP contribution < -0.4 is 0 Å². The van der Waals surface area contributed by atoms with Crippen LogP contribution >= 0.6 is 0 Å². The Morgan fingerprint density at radius 2 is 1.59 bits per heavy atom. The van der Waals surface area contributed by atoms with Crippen molar-refractivity contribution in [1.82, 2.24) is 20.2 Å². The first-order valence-corrected chi connectivity index (χ1v) is 8.65. The molecule has 0 fully saturated rings. The molecule has 0 spiro atoms. The second-order valence-electron chi connectivity index (χ2n) is 6.00. The highest BCUT2D eigenvalue weighted by Gasteiger charge is 2.20. The summed E-state index contributed by atoms with van der Waals surface area (Å²) in [7, 11) is 0. The molecule has 1 N–H and O–H groups in total. The highest BCUT2D eigenvalue weighted by Crippen LogP contribution is 2.13. The van der Waals surface area contributed by atoms with Gasteiger partial charge in [-0.3, -0.25) is 4.79 Å². The quantitative estimate of drug-likeness (QED) is 0.561. The normalized spacial score (nSPS) is 12.5. The lowest BCUT2D eigenvalue weighted by Gasteiger charge is -2.07. The molecule has 6 heteroatoms. The molecule has 0 bridgehead atoms. The molecule has 0 aromatic carbocycles. The van der Waals surface area contributed by atoms with Crippen molar-refractivity contribution in [3.8, 4) is 0 Å². The largest absolute Gasteiger partial charge is 0.481 e. The van der Waals surface area contributed by atoms with E-state index in [4.69, 9.17) is 5.11 Å². The van der Waals surface area contributed by atoms with E-state index in [0.29, 0.717) is 12.4 Å². The van der Waals surface area contributed by atoms with E-state index in [0.717, 1.165) is 12.8 Å². The van der Waals surface area contributed by atoms with Gasteiger partial charge in [-0.1, -0.05) is 64.7 Å². The molecule has 0 aliphatic carbocycles. The van der Waals surface area contributed by atoms with Crippen LogP contribution in [0.4, 0.5) is 0 Å². The number of tetrazole rings is 1. The van der Waals surface area contributed by atoms with Gasteiger partial charge in [0.15, 0.2) is 5.82 Å². The molecular weight excluding hydrogens is 280 g/mol. The van der Waals surface area contributed by atoms with E-state index >= 15 is 0 Å². The van der Waals surface area contributed by atoms with Gasteiger partial charge in [0.25, 0.3) is 0 Å². The molecule has 0 saturated carbocycles. The maximum atomic E-state index is 11.0. The van der Waals surface area contributed by atoms with E-state index in [1.165, 1.54) is 51.4 Å². The predicted octanol–water partition coefficient (Wildman–Crippen LogP) is 3.78. The fraction of sp³-hybridized carbons (Fsp3) is 0.875. The summed E-state index contributed by atoms with van der Waals surface area (Å²) >= 11 is 0. The molecule has 0 saturated heterocycles. The summed E-state index contributed by atoms with van der Waals surface area (Å²) < 4.78 is 1.63. The summed E-state index contributed by atoms with van der Waals surface area (Å²) in [5.74, 6) is -1.10. The Balaban J connectivity index is 2.08. The average Bonchev–Trinajstić information content (AvgIpc) is 2.96. The number of hydrogen-bond acceptors (Lipinski definition) is 4. The van der Waals surface area contributed by atoms with Crippen LogP contribution in [0.2, 0.25) is 0 Å². The first-order chi connectivity index (χ1) is 10.7. The molecule has 1 aromatic rings. The highest BCUT2D eigenvalue weighted by atomic mass is 16.4. The number of aliphatic carboxylic acids is 1. The number of carboxylic acids is 1. The van der Waals surface area contributed by atoms with Crippen LogP contribution in [0.3, 0.4) is 0 Å². The van der Waals surface area contributed by atoms with E-state index in [-0.39, 0.29) is 0 Å². The monoisotopic (exact) mass is 310 g/mol. The zero-order valence-electron chi connectivity index (χ0n) is 14.0. The lowest BCUT2D eigenvalue weighted by Crippen LogP contribution is -2.15. The summed E-state index contributed by atoms with van der Waals surface area (Å²) in [5, 5.41) is 20.3. The van der Waals surface area contributed by atoms with Crippen molar-refractivity contribution in [2.75, 3.05) is 0 Å². The molecule has 6 nitrogen and oxygen atoms in total. The molecule has 1 atom stereocenters. The van der Waals surface area contributed by atoms with E-state index in [1.807, 2.05) is 0 Å². The van der Waals surface area contributed by atoms with Gasteiger partial charge in [-0.15, -0.1) is 5.10 Å². The van der Waals surface area contributed by atoms with Gasteiger partial charge in [-0.2, -0.15) is 0 Å². The Bertz CT molecular complexity index is 420. The average molecular weight is 310 g/mol. The van der Waals surface area contributed by atoms with Crippen LogP contribution in [-0.2, 0) is 11.3 Å². The third kappa shape index (κ3) is 7.00. The van der Waals surface area contributed by atoms with Crippen LogP contribution in [0.25, 0.3) is 0 Å². The van der Waals surface area contributed by atoms with Crippen LogP contribution in [0.1, 0.15) is 89.8 Å². The summed E-state index contributed by atoms with van der Waals surface area (Å²) in [6, 6.07) is 0. The third-order valence-corrected chi connectivity index (χ3v) is 4.04.